The van der Waals surface area contributed by atoms with Crippen molar-refractivity contribution in [3.05, 3.63) is 78.1 Å². The minimum atomic E-state index is -4.16. The predicted molar refractivity (Wildman–Crippen MR) is 131 cm³/mol. The Labute approximate surface area is 196 Å². The average molecular weight is 482 g/mol. The number of aryl methyl sites for hydroxylation is 1. The lowest BCUT2D eigenvalue weighted by Crippen LogP contribution is -2.17. The average Bonchev–Trinajstić information content (AvgIpc) is 3.15. The lowest BCUT2D eigenvalue weighted by Gasteiger charge is -2.11. The Balaban J connectivity index is 1.60. The van der Waals surface area contributed by atoms with Gasteiger partial charge in [-0.05, 0) is 55.0 Å². The van der Waals surface area contributed by atoms with Crippen LogP contribution in [-0.2, 0) is 16.6 Å². The number of nitrogens with zero attached hydrogens (tertiary/aromatic N) is 2. The van der Waals surface area contributed by atoms with Crippen LogP contribution in [0, 0.1) is 5.82 Å². The molecule has 4 rings (SSSR count). The summed E-state index contributed by atoms with van der Waals surface area (Å²) in [5.41, 5.74) is 2.89. The smallest absolute Gasteiger partial charge is 0.264 e. The van der Waals surface area contributed by atoms with Crippen LogP contribution >= 0.6 is 0 Å². The molecule has 0 radical (unpaired) electrons. The molecule has 0 spiro atoms. The molecule has 10 heteroatoms. The summed E-state index contributed by atoms with van der Waals surface area (Å²) in [5, 5.41) is 5.90. The first kappa shape index (κ1) is 23.2. The maximum absolute atomic E-state index is 14.0. The van der Waals surface area contributed by atoms with Crippen LogP contribution in [0.3, 0.4) is 0 Å². The quantitative estimate of drug-likeness (QED) is 0.339. The minimum Gasteiger partial charge on any atom is -0.388 e. The standard InChI is InChI=1S/C24H24FN5O3S/c1-3-13-30-21-12-11-17(26-2)15-20(21)27-24(30)28-23(31)16-7-6-8-18(14-16)29-34(32,33)22-10-5-4-9-19(22)25/h4-12,14-15,26,29H,3,13H2,1-2H3,(H,27,28,31). The Morgan fingerprint density at radius 3 is 2.56 bits per heavy atom. The van der Waals surface area contributed by atoms with Crippen molar-refractivity contribution < 1.29 is 17.6 Å². The maximum atomic E-state index is 14.0. The summed E-state index contributed by atoms with van der Waals surface area (Å²) >= 11 is 0. The van der Waals surface area contributed by atoms with Crippen LogP contribution in [0.25, 0.3) is 11.0 Å². The summed E-state index contributed by atoms with van der Waals surface area (Å²) in [7, 11) is -2.34. The van der Waals surface area contributed by atoms with E-state index in [1.807, 2.05) is 36.7 Å². The number of rotatable bonds is 8. The Hall–Kier alpha value is -3.92. The molecule has 0 saturated carbocycles. The number of sulfonamides is 1. The topological polar surface area (TPSA) is 105 Å². The summed E-state index contributed by atoms with van der Waals surface area (Å²) in [6.45, 7) is 2.69. The molecule has 0 atom stereocenters. The third kappa shape index (κ3) is 4.72. The number of carbonyl (C=O) groups excluding carboxylic acids is 1. The maximum Gasteiger partial charge on any atom is 0.264 e. The van der Waals surface area contributed by atoms with Crippen LogP contribution in [0.15, 0.2) is 71.6 Å². The molecule has 1 heterocycles. The lowest BCUT2D eigenvalue weighted by molar-refractivity contribution is 0.102. The second-order valence-corrected chi connectivity index (χ2v) is 9.26. The number of carbonyl (C=O) groups is 1. The summed E-state index contributed by atoms with van der Waals surface area (Å²) in [6, 6.07) is 16.8. The molecule has 4 aromatic rings. The fourth-order valence-electron chi connectivity index (χ4n) is 3.60. The molecule has 0 aliphatic heterocycles. The number of anilines is 3. The zero-order chi connectivity index (χ0) is 24.3. The molecule has 34 heavy (non-hydrogen) atoms. The fourth-order valence-corrected chi connectivity index (χ4v) is 4.73. The van der Waals surface area contributed by atoms with Gasteiger partial charge in [0.25, 0.3) is 15.9 Å². The molecular formula is C24H24FN5O3S. The largest absolute Gasteiger partial charge is 0.388 e. The Kier molecular flexibility index (Phi) is 6.51. The van der Waals surface area contributed by atoms with Crippen LogP contribution < -0.4 is 15.4 Å². The van der Waals surface area contributed by atoms with Crippen molar-refractivity contribution in [1.29, 1.82) is 0 Å². The molecule has 0 aliphatic rings. The highest BCUT2D eigenvalue weighted by Crippen LogP contribution is 2.25. The van der Waals surface area contributed by atoms with Crippen molar-refractivity contribution in [2.75, 3.05) is 22.4 Å². The van der Waals surface area contributed by atoms with Crippen molar-refractivity contribution in [2.24, 2.45) is 0 Å². The van der Waals surface area contributed by atoms with Gasteiger partial charge in [0.05, 0.1) is 11.0 Å². The summed E-state index contributed by atoms with van der Waals surface area (Å²) in [5.74, 6) is -0.916. The van der Waals surface area contributed by atoms with Crippen LogP contribution in [0.4, 0.5) is 21.7 Å². The second kappa shape index (κ2) is 9.52. The number of benzene rings is 3. The number of nitrogens with one attached hydrogen (secondary N) is 3. The molecule has 8 nitrogen and oxygen atoms in total. The Morgan fingerprint density at radius 1 is 1.03 bits per heavy atom. The lowest BCUT2D eigenvalue weighted by atomic mass is 10.2. The van der Waals surface area contributed by atoms with Crippen LogP contribution in [0.1, 0.15) is 23.7 Å². The van der Waals surface area contributed by atoms with Crippen LogP contribution in [-0.4, -0.2) is 30.9 Å². The molecule has 0 saturated heterocycles. The first-order chi connectivity index (χ1) is 16.3. The van der Waals surface area contributed by atoms with E-state index in [1.54, 1.807) is 12.1 Å². The van der Waals surface area contributed by atoms with Crippen molar-refractivity contribution in [3.63, 3.8) is 0 Å². The molecule has 0 fully saturated rings. The van der Waals surface area contributed by atoms with E-state index in [1.165, 1.54) is 30.3 Å². The monoisotopic (exact) mass is 481 g/mol. The normalized spacial score (nSPS) is 11.4. The highest BCUT2D eigenvalue weighted by Gasteiger charge is 2.20. The third-order valence-corrected chi connectivity index (χ3v) is 6.63. The van der Waals surface area contributed by atoms with E-state index in [9.17, 15) is 17.6 Å². The highest BCUT2D eigenvalue weighted by molar-refractivity contribution is 7.92. The zero-order valence-corrected chi connectivity index (χ0v) is 19.5. The van der Waals surface area contributed by atoms with Crippen molar-refractivity contribution in [1.82, 2.24) is 9.55 Å². The molecule has 176 valence electrons. The number of imidazole rings is 1. The number of fused-ring (bicyclic) bond motifs is 1. The van der Waals surface area contributed by atoms with Crippen molar-refractivity contribution in [3.8, 4) is 0 Å². The first-order valence-corrected chi connectivity index (χ1v) is 12.2. The number of aromatic nitrogens is 2. The van der Waals surface area contributed by atoms with Gasteiger partial charge < -0.3 is 9.88 Å². The molecule has 0 bridgehead atoms. The van der Waals surface area contributed by atoms with Gasteiger partial charge in [-0.1, -0.05) is 25.1 Å². The highest BCUT2D eigenvalue weighted by atomic mass is 32.2. The summed E-state index contributed by atoms with van der Waals surface area (Å²) in [4.78, 5) is 17.1. The van der Waals surface area contributed by atoms with E-state index in [4.69, 9.17) is 0 Å². The number of hydrogen-bond donors (Lipinski definition) is 3. The van der Waals surface area contributed by atoms with E-state index in [0.29, 0.717) is 12.5 Å². The predicted octanol–water partition coefficient (Wildman–Crippen LogP) is 4.68. The number of hydrogen-bond acceptors (Lipinski definition) is 5. The van der Waals surface area contributed by atoms with E-state index in [0.717, 1.165) is 29.2 Å². The Bertz CT molecular complexity index is 1470. The van der Waals surface area contributed by atoms with Gasteiger partial charge in [-0.25, -0.2) is 17.8 Å². The van der Waals surface area contributed by atoms with Gasteiger partial charge in [0.1, 0.15) is 10.7 Å². The van der Waals surface area contributed by atoms with Crippen molar-refractivity contribution >= 4 is 44.3 Å². The third-order valence-electron chi connectivity index (χ3n) is 5.21. The van der Waals surface area contributed by atoms with Gasteiger partial charge in [-0.3, -0.25) is 14.8 Å². The van der Waals surface area contributed by atoms with Gasteiger partial charge in [-0.2, -0.15) is 0 Å². The van der Waals surface area contributed by atoms with Gasteiger partial charge in [0.15, 0.2) is 0 Å². The molecule has 1 aromatic heterocycles. The zero-order valence-electron chi connectivity index (χ0n) is 18.7. The molecular weight excluding hydrogens is 457 g/mol. The summed E-state index contributed by atoms with van der Waals surface area (Å²) < 4.78 is 43.4. The van der Waals surface area contributed by atoms with E-state index in [-0.39, 0.29) is 11.3 Å². The molecule has 3 N–H and O–H groups in total. The van der Waals surface area contributed by atoms with Crippen LogP contribution in [0.2, 0.25) is 0 Å². The molecule has 3 aromatic carbocycles. The SMILES string of the molecule is CCCn1c(NC(=O)c2cccc(NS(=O)(=O)c3ccccc3F)c2)nc2cc(NC)ccc21. The van der Waals surface area contributed by atoms with E-state index in [2.05, 4.69) is 20.3 Å². The van der Waals surface area contributed by atoms with Gasteiger partial charge in [-0.15, -0.1) is 0 Å². The molecule has 0 aliphatic carbocycles. The number of halogens is 1. The molecule has 0 unspecified atom stereocenters. The summed E-state index contributed by atoms with van der Waals surface area (Å²) in [6.07, 6.45) is 0.843. The van der Waals surface area contributed by atoms with Gasteiger partial charge in [0.2, 0.25) is 5.95 Å². The first-order valence-electron chi connectivity index (χ1n) is 10.7. The van der Waals surface area contributed by atoms with E-state index >= 15 is 0 Å². The van der Waals surface area contributed by atoms with E-state index < -0.39 is 26.6 Å². The Morgan fingerprint density at radius 2 is 1.82 bits per heavy atom. The fraction of sp³-hybridized carbons (Fsp3) is 0.167. The minimum absolute atomic E-state index is 0.136. The van der Waals surface area contributed by atoms with Crippen LogP contribution in [0.5, 0.6) is 0 Å². The van der Waals surface area contributed by atoms with Crippen molar-refractivity contribution in [2.45, 2.75) is 24.8 Å². The van der Waals surface area contributed by atoms with Gasteiger partial charge >= 0.3 is 0 Å². The van der Waals surface area contributed by atoms with Gasteiger partial charge in [0, 0.05) is 30.5 Å². The number of amides is 1. The second-order valence-electron chi connectivity index (χ2n) is 7.61. The molecule has 1 amide bonds.